The van der Waals surface area contributed by atoms with Crippen LogP contribution in [0.5, 0.6) is 5.75 Å². The van der Waals surface area contributed by atoms with Crippen molar-refractivity contribution in [3.05, 3.63) is 68.6 Å². The van der Waals surface area contributed by atoms with Gasteiger partial charge in [0.2, 0.25) is 0 Å². The normalized spacial score (nSPS) is 10.8. The van der Waals surface area contributed by atoms with E-state index in [0.29, 0.717) is 14.5 Å². The molecule has 2 aromatic rings. The van der Waals surface area contributed by atoms with Crippen LogP contribution in [0.1, 0.15) is 15.9 Å². The number of carbonyl (C=O) groups is 1. The lowest BCUT2D eigenvalue weighted by molar-refractivity contribution is 0.104. The fourth-order valence-corrected chi connectivity index (χ4v) is 2.73. The maximum Gasteiger partial charge on any atom is 0.185 e. The molecule has 2 rings (SSSR count). The summed E-state index contributed by atoms with van der Waals surface area (Å²) in [5.41, 5.74) is 1.47. The standard InChI is InChI=1S/C15H10Br2O2/c16-12-8-11(9-13(17)15(12)19)14(18)7-6-10-4-2-1-3-5-10/h1-9,19H/b7-6+. The van der Waals surface area contributed by atoms with E-state index in [1.165, 1.54) is 6.08 Å². The zero-order chi connectivity index (χ0) is 13.8. The van der Waals surface area contributed by atoms with E-state index in [9.17, 15) is 9.90 Å². The Morgan fingerprint density at radius 2 is 1.63 bits per heavy atom. The van der Waals surface area contributed by atoms with E-state index in [-0.39, 0.29) is 11.5 Å². The fourth-order valence-electron chi connectivity index (χ4n) is 1.54. The zero-order valence-corrected chi connectivity index (χ0v) is 13.0. The highest BCUT2D eigenvalue weighted by atomic mass is 79.9. The molecule has 0 saturated carbocycles. The number of aromatic hydroxyl groups is 1. The van der Waals surface area contributed by atoms with E-state index in [1.54, 1.807) is 18.2 Å². The van der Waals surface area contributed by atoms with Gasteiger partial charge in [-0.05, 0) is 55.6 Å². The van der Waals surface area contributed by atoms with Crippen LogP contribution in [-0.2, 0) is 0 Å². The lowest BCUT2D eigenvalue weighted by atomic mass is 10.1. The Kier molecular flexibility index (Phi) is 4.56. The molecule has 19 heavy (non-hydrogen) atoms. The molecule has 96 valence electrons. The van der Waals surface area contributed by atoms with E-state index in [1.807, 2.05) is 30.3 Å². The van der Waals surface area contributed by atoms with Crippen LogP contribution in [0.15, 0.2) is 57.5 Å². The third-order valence-corrected chi connectivity index (χ3v) is 3.74. The summed E-state index contributed by atoms with van der Waals surface area (Å²) in [6.45, 7) is 0. The molecule has 0 saturated heterocycles. The van der Waals surface area contributed by atoms with Gasteiger partial charge in [-0.25, -0.2) is 0 Å². The first-order valence-corrected chi connectivity index (χ1v) is 7.12. The molecule has 0 spiro atoms. The van der Waals surface area contributed by atoms with Crippen LogP contribution in [0.3, 0.4) is 0 Å². The Balaban J connectivity index is 2.24. The SMILES string of the molecule is O=C(/C=C/c1ccccc1)c1cc(Br)c(O)c(Br)c1. The third kappa shape index (κ3) is 3.55. The monoisotopic (exact) mass is 380 g/mol. The molecule has 0 radical (unpaired) electrons. The first kappa shape index (κ1) is 14.0. The molecular weight excluding hydrogens is 372 g/mol. The van der Waals surface area contributed by atoms with E-state index >= 15 is 0 Å². The van der Waals surface area contributed by atoms with Gasteiger partial charge in [0.25, 0.3) is 0 Å². The lowest BCUT2D eigenvalue weighted by Crippen LogP contribution is -1.94. The molecule has 0 aliphatic carbocycles. The number of benzene rings is 2. The van der Waals surface area contributed by atoms with Crippen LogP contribution < -0.4 is 0 Å². The maximum atomic E-state index is 12.0. The van der Waals surface area contributed by atoms with Gasteiger partial charge in [0.05, 0.1) is 8.95 Å². The number of ketones is 1. The number of halogens is 2. The van der Waals surface area contributed by atoms with Crippen molar-refractivity contribution >= 4 is 43.7 Å². The van der Waals surface area contributed by atoms with Crippen LogP contribution in [0.25, 0.3) is 6.08 Å². The highest BCUT2D eigenvalue weighted by molar-refractivity contribution is 9.11. The Morgan fingerprint density at radius 1 is 1.05 bits per heavy atom. The summed E-state index contributed by atoms with van der Waals surface area (Å²) >= 11 is 6.41. The molecule has 1 N–H and O–H groups in total. The average molecular weight is 382 g/mol. The molecule has 0 bridgehead atoms. The van der Waals surface area contributed by atoms with Crippen molar-refractivity contribution in [2.75, 3.05) is 0 Å². The number of allylic oxidation sites excluding steroid dienone is 1. The number of hydrogen-bond donors (Lipinski definition) is 1. The number of carbonyl (C=O) groups excluding carboxylic acids is 1. The van der Waals surface area contributed by atoms with E-state index in [0.717, 1.165) is 5.56 Å². The average Bonchev–Trinajstić information content (AvgIpc) is 2.42. The smallest absolute Gasteiger partial charge is 0.185 e. The van der Waals surface area contributed by atoms with E-state index < -0.39 is 0 Å². The van der Waals surface area contributed by atoms with Gasteiger partial charge in [0.1, 0.15) is 5.75 Å². The van der Waals surface area contributed by atoms with Crippen molar-refractivity contribution in [3.63, 3.8) is 0 Å². The van der Waals surface area contributed by atoms with Crippen LogP contribution >= 0.6 is 31.9 Å². The summed E-state index contributed by atoms with van der Waals surface area (Å²) in [4.78, 5) is 12.0. The molecule has 4 heteroatoms. The second-order valence-corrected chi connectivity index (χ2v) is 5.61. The summed E-state index contributed by atoms with van der Waals surface area (Å²) in [6, 6.07) is 12.8. The molecular formula is C15H10Br2O2. The van der Waals surface area contributed by atoms with Crippen molar-refractivity contribution in [1.82, 2.24) is 0 Å². The highest BCUT2D eigenvalue weighted by Crippen LogP contribution is 2.33. The minimum absolute atomic E-state index is 0.0867. The minimum atomic E-state index is -0.120. The Hall–Kier alpha value is -1.39. The first-order valence-electron chi connectivity index (χ1n) is 5.53. The van der Waals surface area contributed by atoms with Gasteiger partial charge < -0.3 is 5.11 Å². The second kappa shape index (κ2) is 6.17. The molecule has 0 unspecified atom stereocenters. The molecule has 0 heterocycles. The van der Waals surface area contributed by atoms with Crippen LogP contribution in [0.2, 0.25) is 0 Å². The number of hydrogen-bond acceptors (Lipinski definition) is 2. The summed E-state index contributed by atoms with van der Waals surface area (Å²) < 4.78 is 0.969. The van der Waals surface area contributed by atoms with Gasteiger partial charge in [0.15, 0.2) is 5.78 Å². The largest absolute Gasteiger partial charge is 0.506 e. The summed E-state index contributed by atoms with van der Waals surface area (Å²) in [7, 11) is 0. The van der Waals surface area contributed by atoms with Crippen LogP contribution in [0.4, 0.5) is 0 Å². The quantitative estimate of drug-likeness (QED) is 0.611. The number of phenolic OH excluding ortho intramolecular Hbond substituents is 1. The van der Waals surface area contributed by atoms with Gasteiger partial charge in [-0.3, -0.25) is 4.79 Å². The number of phenols is 1. The molecule has 0 aliphatic heterocycles. The highest BCUT2D eigenvalue weighted by Gasteiger charge is 2.09. The topological polar surface area (TPSA) is 37.3 Å². The van der Waals surface area contributed by atoms with Crippen molar-refractivity contribution in [3.8, 4) is 5.75 Å². The van der Waals surface area contributed by atoms with Crippen molar-refractivity contribution < 1.29 is 9.90 Å². The van der Waals surface area contributed by atoms with Gasteiger partial charge in [-0.2, -0.15) is 0 Å². The molecule has 0 atom stereocenters. The molecule has 2 aromatic carbocycles. The van der Waals surface area contributed by atoms with Crippen molar-refractivity contribution in [1.29, 1.82) is 0 Å². The fraction of sp³-hybridized carbons (Fsp3) is 0. The molecule has 2 nitrogen and oxygen atoms in total. The van der Waals surface area contributed by atoms with Crippen LogP contribution in [0, 0.1) is 0 Å². The van der Waals surface area contributed by atoms with E-state index in [2.05, 4.69) is 31.9 Å². The molecule has 0 fully saturated rings. The molecule has 0 aromatic heterocycles. The Morgan fingerprint density at radius 3 is 2.21 bits per heavy atom. The number of rotatable bonds is 3. The zero-order valence-electron chi connectivity index (χ0n) is 9.81. The predicted octanol–water partition coefficient (Wildman–Crippen LogP) is 4.81. The van der Waals surface area contributed by atoms with E-state index in [4.69, 9.17) is 0 Å². The third-order valence-electron chi connectivity index (χ3n) is 2.53. The maximum absolute atomic E-state index is 12.0. The molecule has 0 amide bonds. The van der Waals surface area contributed by atoms with Crippen molar-refractivity contribution in [2.45, 2.75) is 0 Å². The summed E-state index contributed by atoms with van der Waals surface area (Å²) in [5.74, 6) is -0.0335. The molecule has 0 aliphatic rings. The summed E-state index contributed by atoms with van der Waals surface area (Å²) in [6.07, 6.45) is 3.28. The van der Waals surface area contributed by atoms with Gasteiger partial charge in [-0.15, -0.1) is 0 Å². The first-order chi connectivity index (χ1) is 9.08. The second-order valence-electron chi connectivity index (χ2n) is 3.90. The van der Waals surface area contributed by atoms with Crippen LogP contribution in [-0.4, -0.2) is 10.9 Å². The van der Waals surface area contributed by atoms with Crippen molar-refractivity contribution in [2.24, 2.45) is 0 Å². The predicted molar refractivity (Wildman–Crippen MR) is 83.3 cm³/mol. The van der Waals surface area contributed by atoms with Gasteiger partial charge in [0, 0.05) is 5.56 Å². The Bertz CT molecular complexity index is 611. The summed E-state index contributed by atoms with van der Waals surface area (Å²) in [5, 5.41) is 9.60. The Labute approximate surface area is 128 Å². The minimum Gasteiger partial charge on any atom is -0.506 e. The lowest BCUT2D eigenvalue weighted by Gasteiger charge is -2.03. The van der Waals surface area contributed by atoms with Gasteiger partial charge in [-0.1, -0.05) is 36.4 Å². The van der Waals surface area contributed by atoms with Gasteiger partial charge >= 0.3 is 0 Å².